The Morgan fingerprint density at radius 3 is 2.20 bits per heavy atom. The second kappa shape index (κ2) is 5.65. The summed E-state index contributed by atoms with van der Waals surface area (Å²) in [5.74, 6) is 0. The van der Waals surface area contributed by atoms with Crippen molar-refractivity contribution in [2.75, 3.05) is 0 Å². The van der Waals surface area contributed by atoms with Gasteiger partial charge in [-0.05, 0) is 23.2 Å². The minimum absolute atomic E-state index is 0. The second-order valence-electron chi connectivity index (χ2n) is 2.35. The number of halogens is 4. The Hall–Kier alpha value is 0.410. The fourth-order valence-corrected chi connectivity index (χ4v) is 1.84. The van der Waals surface area contributed by atoms with Gasteiger partial charge < -0.3 is 4.55 Å². The van der Waals surface area contributed by atoms with Gasteiger partial charge >= 0.3 is 35.7 Å². The largest absolute Gasteiger partial charge is 1.00 e. The van der Waals surface area contributed by atoms with Gasteiger partial charge in [-0.15, -0.1) is 0 Å². The maximum absolute atomic E-state index is 12.3. The average Bonchev–Trinajstić information content (AvgIpc) is 2.01. The summed E-state index contributed by atoms with van der Waals surface area (Å²) in [6, 6.07) is 2.97. The van der Waals surface area contributed by atoms with E-state index in [9.17, 15) is 21.9 Å². The molecule has 1 rings (SSSR count). The standard InChI is InChI=1S/C7H4ClF3O2S.Na/c8-4-2-1-3-5(14(12)13)6(4)7(9,10)11;/h1-3H,(H,12,13);/q;+1/p-1. The van der Waals surface area contributed by atoms with Crippen molar-refractivity contribution in [2.24, 2.45) is 0 Å². The van der Waals surface area contributed by atoms with Crippen LogP contribution in [0.5, 0.6) is 0 Å². The summed E-state index contributed by atoms with van der Waals surface area (Å²) in [7, 11) is 0. The van der Waals surface area contributed by atoms with Gasteiger partial charge in [0.2, 0.25) is 0 Å². The Morgan fingerprint density at radius 1 is 1.33 bits per heavy atom. The number of hydrogen-bond acceptors (Lipinski definition) is 2. The second-order valence-corrected chi connectivity index (χ2v) is 3.66. The van der Waals surface area contributed by atoms with Crippen molar-refractivity contribution in [3.8, 4) is 0 Å². The van der Waals surface area contributed by atoms with E-state index in [1.807, 2.05) is 0 Å². The Bertz CT molecular complexity index is 383. The van der Waals surface area contributed by atoms with Crippen molar-refractivity contribution in [1.29, 1.82) is 0 Å². The molecule has 1 aromatic rings. The first kappa shape index (κ1) is 15.4. The first-order valence-electron chi connectivity index (χ1n) is 3.29. The Balaban J connectivity index is 0.00000196. The minimum atomic E-state index is -4.77. The van der Waals surface area contributed by atoms with E-state index in [1.54, 1.807) is 0 Å². The maximum atomic E-state index is 12.3. The van der Waals surface area contributed by atoms with Crippen LogP contribution in [-0.4, -0.2) is 8.76 Å². The molecule has 0 radical (unpaired) electrons. The molecule has 2 nitrogen and oxygen atoms in total. The van der Waals surface area contributed by atoms with Crippen molar-refractivity contribution in [1.82, 2.24) is 0 Å². The zero-order chi connectivity index (χ0) is 10.9. The molecule has 1 atom stereocenters. The van der Waals surface area contributed by atoms with E-state index in [0.29, 0.717) is 0 Å². The third-order valence-corrected chi connectivity index (χ3v) is 2.45. The van der Waals surface area contributed by atoms with Crippen LogP contribution in [0, 0.1) is 0 Å². The van der Waals surface area contributed by atoms with E-state index in [1.165, 1.54) is 0 Å². The molecule has 0 aromatic heterocycles. The fraction of sp³-hybridized carbons (Fsp3) is 0.143. The van der Waals surface area contributed by atoms with Crippen molar-refractivity contribution >= 4 is 22.7 Å². The van der Waals surface area contributed by atoms with Crippen molar-refractivity contribution in [3.63, 3.8) is 0 Å². The third-order valence-electron chi connectivity index (χ3n) is 1.44. The molecule has 0 fully saturated rings. The fourth-order valence-electron chi connectivity index (χ4n) is 0.918. The molecular weight excluding hydrogens is 264 g/mol. The molecule has 8 heteroatoms. The third kappa shape index (κ3) is 3.72. The first-order valence-corrected chi connectivity index (χ1v) is 4.74. The monoisotopic (exact) mass is 266 g/mol. The molecule has 0 saturated carbocycles. The number of alkyl halides is 3. The Kier molecular flexibility index (Phi) is 5.81. The molecule has 0 N–H and O–H groups in total. The van der Waals surface area contributed by atoms with E-state index in [-0.39, 0.29) is 29.6 Å². The van der Waals surface area contributed by atoms with Gasteiger partial charge in [-0.2, -0.15) is 13.2 Å². The molecule has 78 valence electrons. The summed E-state index contributed by atoms with van der Waals surface area (Å²) < 4.78 is 57.9. The molecule has 15 heavy (non-hydrogen) atoms. The van der Waals surface area contributed by atoms with Gasteiger partial charge in [-0.1, -0.05) is 17.7 Å². The SMILES string of the molecule is O=S([O-])c1cccc(Cl)c1C(F)(F)F.[Na+]. The van der Waals surface area contributed by atoms with Crippen LogP contribution in [0.25, 0.3) is 0 Å². The minimum Gasteiger partial charge on any atom is -0.768 e. The summed E-state index contributed by atoms with van der Waals surface area (Å²) >= 11 is 2.31. The van der Waals surface area contributed by atoms with E-state index in [2.05, 4.69) is 0 Å². The topological polar surface area (TPSA) is 40.1 Å². The quantitative estimate of drug-likeness (QED) is 0.513. The van der Waals surface area contributed by atoms with Crippen LogP contribution < -0.4 is 29.6 Å². The van der Waals surface area contributed by atoms with Crippen LogP contribution in [-0.2, 0) is 17.3 Å². The zero-order valence-corrected chi connectivity index (χ0v) is 11.0. The van der Waals surface area contributed by atoms with Crippen LogP contribution in [0.2, 0.25) is 5.02 Å². The van der Waals surface area contributed by atoms with Gasteiger partial charge in [0.25, 0.3) is 0 Å². The predicted octanol–water partition coefficient (Wildman–Crippen LogP) is -0.399. The van der Waals surface area contributed by atoms with Crippen LogP contribution in [0.15, 0.2) is 23.1 Å². The summed E-state index contributed by atoms with van der Waals surface area (Å²) in [4.78, 5) is -0.843. The number of benzene rings is 1. The maximum Gasteiger partial charge on any atom is 1.00 e. The summed E-state index contributed by atoms with van der Waals surface area (Å²) in [5.41, 5.74) is -1.32. The van der Waals surface area contributed by atoms with E-state index in [0.717, 1.165) is 18.2 Å². The summed E-state index contributed by atoms with van der Waals surface area (Å²) in [5, 5.41) is -0.626. The first-order chi connectivity index (χ1) is 6.34. The molecule has 1 aromatic carbocycles. The van der Waals surface area contributed by atoms with Gasteiger partial charge in [-0.25, -0.2) is 0 Å². The van der Waals surface area contributed by atoms with Crippen molar-refractivity contribution < 1.29 is 51.5 Å². The van der Waals surface area contributed by atoms with Gasteiger partial charge in [0.1, 0.15) is 0 Å². The molecule has 0 spiro atoms. The molecule has 0 amide bonds. The van der Waals surface area contributed by atoms with Gasteiger partial charge in [-0.3, -0.25) is 4.21 Å². The van der Waals surface area contributed by atoms with Crippen LogP contribution in [0.4, 0.5) is 13.2 Å². The Labute approximate surface area is 113 Å². The Morgan fingerprint density at radius 2 is 1.87 bits per heavy atom. The normalized spacial score (nSPS) is 13.1. The summed E-state index contributed by atoms with van der Waals surface area (Å²) in [6.07, 6.45) is -4.77. The summed E-state index contributed by atoms with van der Waals surface area (Å²) in [6.45, 7) is 0. The predicted molar refractivity (Wildman–Crippen MR) is 43.6 cm³/mol. The van der Waals surface area contributed by atoms with Crippen molar-refractivity contribution in [2.45, 2.75) is 11.1 Å². The molecule has 1 unspecified atom stereocenters. The average molecular weight is 267 g/mol. The smallest absolute Gasteiger partial charge is 0.768 e. The van der Waals surface area contributed by atoms with Gasteiger partial charge in [0.15, 0.2) is 0 Å². The molecule has 0 aliphatic heterocycles. The molecule has 0 saturated heterocycles. The molecule has 0 heterocycles. The molecule has 0 aliphatic carbocycles. The number of rotatable bonds is 1. The van der Waals surface area contributed by atoms with E-state index < -0.39 is 32.7 Å². The van der Waals surface area contributed by atoms with E-state index in [4.69, 9.17) is 11.6 Å². The van der Waals surface area contributed by atoms with E-state index >= 15 is 0 Å². The molecule has 0 aliphatic rings. The molecule has 0 bridgehead atoms. The van der Waals surface area contributed by atoms with Crippen LogP contribution in [0.3, 0.4) is 0 Å². The zero-order valence-electron chi connectivity index (χ0n) is 7.47. The van der Waals surface area contributed by atoms with Crippen molar-refractivity contribution in [3.05, 3.63) is 28.8 Å². The van der Waals surface area contributed by atoms with Gasteiger partial charge in [0, 0.05) is 4.90 Å². The molecular formula is C7H3ClF3NaO2S. The number of hydrogen-bond donors (Lipinski definition) is 0. The van der Waals surface area contributed by atoms with Crippen LogP contribution >= 0.6 is 11.6 Å². The van der Waals surface area contributed by atoms with Crippen LogP contribution in [0.1, 0.15) is 5.56 Å². The van der Waals surface area contributed by atoms with Gasteiger partial charge in [0.05, 0.1) is 10.6 Å².